The number of cyclic esters (lactones) is 2. The monoisotopic (exact) mass is 408 g/mol. The van der Waals surface area contributed by atoms with Crippen molar-refractivity contribution < 1.29 is 32.6 Å². The molecule has 0 spiro atoms. The Morgan fingerprint density at radius 1 is 0.967 bits per heavy atom. The molecule has 7 heteroatoms. The molecule has 1 aliphatic carbocycles. The summed E-state index contributed by atoms with van der Waals surface area (Å²) in [7, 11) is 0. The van der Waals surface area contributed by atoms with Crippen LogP contribution >= 0.6 is 0 Å². The summed E-state index contributed by atoms with van der Waals surface area (Å²) in [6.45, 7) is 4.95. The molecule has 0 atom stereocenters. The SMILES string of the molecule is CC(=O)Oc1cc2c(c3cc(F)cc(F)c13)-c1c(ccc3c1C(=O)OC3=O)C2(C)C. The second-order valence-corrected chi connectivity index (χ2v) is 7.91. The Hall–Kier alpha value is -3.61. The number of carbonyl (C=O) groups excluding carboxylic acids is 3. The van der Waals surface area contributed by atoms with Gasteiger partial charge in [0, 0.05) is 24.0 Å². The molecule has 0 radical (unpaired) electrons. The lowest BCUT2D eigenvalue weighted by Gasteiger charge is -2.22. The van der Waals surface area contributed by atoms with Gasteiger partial charge in [0.1, 0.15) is 17.4 Å². The van der Waals surface area contributed by atoms with Gasteiger partial charge >= 0.3 is 17.9 Å². The first-order chi connectivity index (χ1) is 14.1. The summed E-state index contributed by atoms with van der Waals surface area (Å²) in [6, 6.07) is 6.60. The molecule has 0 unspecified atom stereocenters. The predicted octanol–water partition coefficient (Wildman–Crippen LogP) is 4.66. The second kappa shape index (κ2) is 5.72. The molecule has 2 aliphatic rings. The molecular formula is C23H14F2O5. The number of benzene rings is 3. The van der Waals surface area contributed by atoms with Crippen molar-refractivity contribution in [1.82, 2.24) is 0 Å². The Morgan fingerprint density at radius 2 is 1.70 bits per heavy atom. The van der Waals surface area contributed by atoms with Crippen LogP contribution < -0.4 is 4.74 Å². The average Bonchev–Trinajstić information content (AvgIpc) is 3.05. The van der Waals surface area contributed by atoms with Crippen molar-refractivity contribution in [3.63, 3.8) is 0 Å². The van der Waals surface area contributed by atoms with Gasteiger partial charge in [-0.05, 0) is 40.3 Å². The van der Waals surface area contributed by atoms with Gasteiger partial charge in [-0.1, -0.05) is 19.9 Å². The van der Waals surface area contributed by atoms with Gasteiger partial charge in [-0.15, -0.1) is 0 Å². The van der Waals surface area contributed by atoms with E-state index >= 15 is 0 Å². The van der Waals surface area contributed by atoms with Gasteiger partial charge in [0.25, 0.3) is 0 Å². The highest BCUT2D eigenvalue weighted by atomic mass is 19.1. The van der Waals surface area contributed by atoms with Crippen molar-refractivity contribution in [3.8, 4) is 16.9 Å². The minimum absolute atomic E-state index is 0.0371. The highest BCUT2D eigenvalue weighted by Gasteiger charge is 2.44. The fourth-order valence-corrected chi connectivity index (χ4v) is 4.54. The number of rotatable bonds is 1. The first kappa shape index (κ1) is 18.4. The van der Waals surface area contributed by atoms with E-state index < -0.39 is 35.0 Å². The standard InChI is InChI=1S/C23H14F2O5/c1-9(26)29-16-8-14-17(12-6-10(24)7-15(25)18(12)16)20-13(23(14,2)3)5-4-11-19(20)22(28)30-21(11)27/h4-8H,1-3H3. The number of carbonyl (C=O) groups is 3. The molecule has 3 aromatic carbocycles. The molecule has 3 aromatic rings. The molecule has 0 amide bonds. The maximum Gasteiger partial charge on any atom is 0.347 e. The summed E-state index contributed by atoms with van der Waals surface area (Å²) >= 11 is 0. The molecule has 1 heterocycles. The van der Waals surface area contributed by atoms with Crippen LogP contribution in [-0.2, 0) is 14.9 Å². The molecule has 1 aliphatic heterocycles. The lowest BCUT2D eigenvalue weighted by Crippen LogP contribution is -2.16. The van der Waals surface area contributed by atoms with Crippen LogP contribution in [-0.4, -0.2) is 17.9 Å². The lowest BCUT2D eigenvalue weighted by atomic mass is 9.81. The minimum Gasteiger partial charge on any atom is -0.426 e. The zero-order valence-corrected chi connectivity index (χ0v) is 16.2. The van der Waals surface area contributed by atoms with Gasteiger partial charge in [0.15, 0.2) is 0 Å². The van der Waals surface area contributed by atoms with Crippen LogP contribution in [0.25, 0.3) is 21.9 Å². The summed E-state index contributed by atoms with van der Waals surface area (Å²) < 4.78 is 39.1. The summed E-state index contributed by atoms with van der Waals surface area (Å²) in [5, 5.41) is 0.0675. The molecule has 0 fully saturated rings. The Kier molecular flexibility index (Phi) is 3.51. The fraction of sp³-hybridized carbons (Fsp3) is 0.174. The Balaban J connectivity index is 2.00. The molecule has 0 bridgehead atoms. The highest BCUT2D eigenvalue weighted by molar-refractivity contribution is 6.21. The van der Waals surface area contributed by atoms with Crippen molar-refractivity contribution in [2.24, 2.45) is 0 Å². The van der Waals surface area contributed by atoms with Crippen molar-refractivity contribution in [1.29, 1.82) is 0 Å². The number of halogens is 2. The first-order valence-electron chi connectivity index (χ1n) is 9.20. The van der Waals surface area contributed by atoms with E-state index in [4.69, 9.17) is 9.47 Å². The average molecular weight is 408 g/mol. The normalized spacial score (nSPS) is 15.6. The van der Waals surface area contributed by atoms with E-state index in [-0.39, 0.29) is 27.6 Å². The zero-order chi connectivity index (χ0) is 21.5. The predicted molar refractivity (Wildman–Crippen MR) is 102 cm³/mol. The van der Waals surface area contributed by atoms with E-state index in [1.165, 1.54) is 19.1 Å². The number of ether oxygens (including phenoxy) is 2. The van der Waals surface area contributed by atoms with Crippen molar-refractivity contribution >= 4 is 28.7 Å². The number of fused-ring (bicyclic) bond motifs is 7. The smallest absolute Gasteiger partial charge is 0.347 e. The van der Waals surface area contributed by atoms with Crippen molar-refractivity contribution in [3.05, 3.63) is 64.2 Å². The molecule has 0 saturated heterocycles. The second-order valence-electron chi connectivity index (χ2n) is 7.91. The molecular weight excluding hydrogens is 394 g/mol. The van der Waals surface area contributed by atoms with E-state index in [0.717, 1.165) is 6.07 Å². The van der Waals surface area contributed by atoms with Crippen molar-refractivity contribution in [2.45, 2.75) is 26.2 Å². The fourth-order valence-electron chi connectivity index (χ4n) is 4.54. The van der Waals surface area contributed by atoms with E-state index in [9.17, 15) is 23.2 Å². The summed E-state index contributed by atoms with van der Waals surface area (Å²) in [4.78, 5) is 36.2. The van der Waals surface area contributed by atoms with E-state index in [1.807, 2.05) is 13.8 Å². The maximum absolute atomic E-state index is 14.8. The molecule has 0 aromatic heterocycles. The van der Waals surface area contributed by atoms with Gasteiger partial charge in [0.05, 0.1) is 16.5 Å². The number of hydrogen-bond acceptors (Lipinski definition) is 5. The van der Waals surface area contributed by atoms with Crippen molar-refractivity contribution in [2.75, 3.05) is 0 Å². The van der Waals surface area contributed by atoms with Gasteiger partial charge < -0.3 is 9.47 Å². The first-order valence-corrected chi connectivity index (χ1v) is 9.20. The molecule has 150 valence electrons. The highest BCUT2D eigenvalue weighted by Crippen LogP contribution is 2.55. The van der Waals surface area contributed by atoms with E-state index in [1.54, 1.807) is 6.07 Å². The van der Waals surface area contributed by atoms with Crippen LogP contribution in [0.4, 0.5) is 8.78 Å². The van der Waals surface area contributed by atoms with Gasteiger partial charge in [0.2, 0.25) is 0 Å². The van der Waals surface area contributed by atoms with Crippen LogP contribution in [0.2, 0.25) is 0 Å². The number of hydrogen-bond donors (Lipinski definition) is 0. The van der Waals surface area contributed by atoms with Crippen LogP contribution in [0.5, 0.6) is 5.75 Å². The maximum atomic E-state index is 14.8. The molecule has 0 N–H and O–H groups in total. The van der Waals surface area contributed by atoms with Crippen LogP contribution in [0.15, 0.2) is 30.3 Å². The summed E-state index contributed by atoms with van der Waals surface area (Å²) in [5.41, 5.74) is 1.64. The van der Waals surface area contributed by atoms with Crippen LogP contribution in [0.1, 0.15) is 52.6 Å². The zero-order valence-electron chi connectivity index (χ0n) is 16.2. The van der Waals surface area contributed by atoms with E-state index in [2.05, 4.69) is 0 Å². The quantitative estimate of drug-likeness (QED) is 0.333. The third-order valence-corrected chi connectivity index (χ3v) is 5.78. The van der Waals surface area contributed by atoms with Gasteiger partial charge in [-0.3, -0.25) is 4.79 Å². The Labute approximate surface area is 169 Å². The topological polar surface area (TPSA) is 69.7 Å². The Bertz CT molecular complexity index is 1350. The number of esters is 3. The molecule has 5 nitrogen and oxygen atoms in total. The molecule has 5 rings (SSSR count). The summed E-state index contributed by atoms with van der Waals surface area (Å²) in [6.07, 6.45) is 0. The van der Waals surface area contributed by atoms with Crippen LogP contribution in [0, 0.1) is 11.6 Å². The summed E-state index contributed by atoms with van der Waals surface area (Å²) in [5.74, 6) is -3.97. The molecule has 30 heavy (non-hydrogen) atoms. The van der Waals surface area contributed by atoms with Gasteiger partial charge in [-0.2, -0.15) is 0 Å². The third-order valence-electron chi connectivity index (χ3n) is 5.78. The molecule has 0 saturated carbocycles. The lowest BCUT2D eigenvalue weighted by molar-refractivity contribution is -0.131. The minimum atomic E-state index is -0.901. The largest absolute Gasteiger partial charge is 0.426 e. The third kappa shape index (κ3) is 2.23. The van der Waals surface area contributed by atoms with Gasteiger partial charge in [-0.25, -0.2) is 18.4 Å². The van der Waals surface area contributed by atoms with Crippen LogP contribution in [0.3, 0.4) is 0 Å². The van der Waals surface area contributed by atoms with E-state index in [0.29, 0.717) is 28.3 Å². The Morgan fingerprint density at radius 3 is 2.40 bits per heavy atom.